The summed E-state index contributed by atoms with van der Waals surface area (Å²) in [6.07, 6.45) is 4.42. The molecule has 1 N–H and O–H groups in total. The van der Waals surface area contributed by atoms with Gasteiger partial charge < -0.3 is 9.88 Å². The van der Waals surface area contributed by atoms with Crippen molar-refractivity contribution >= 4 is 5.91 Å². The van der Waals surface area contributed by atoms with Gasteiger partial charge >= 0.3 is 0 Å². The lowest BCUT2D eigenvalue weighted by molar-refractivity contribution is -0.125. The number of aryl methyl sites for hydroxylation is 1. The third-order valence-corrected chi connectivity index (χ3v) is 2.36. The molecule has 0 aliphatic rings. The highest BCUT2D eigenvalue weighted by molar-refractivity contribution is 5.80. The van der Waals surface area contributed by atoms with Crippen molar-refractivity contribution in [1.29, 1.82) is 0 Å². The minimum Gasteiger partial charge on any atom is -0.350 e. The highest BCUT2D eigenvalue weighted by atomic mass is 16.2. The first kappa shape index (κ1) is 12.7. The summed E-state index contributed by atoms with van der Waals surface area (Å²) in [4.78, 5) is 16.2. The van der Waals surface area contributed by atoms with Crippen LogP contribution in [0.3, 0.4) is 0 Å². The zero-order valence-electron chi connectivity index (χ0n) is 10.7. The number of carbonyl (C=O) groups is 1. The number of nitrogens with one attached hydrogen (secondary N) is 1. The molecule has 1 rings (SSSR count). The SMILES string of the molecule is CCc1nccn1C(C)C(=O)NC(C)(C)C. The van der Waals surface area contributed by atoms with E-state index in [2.05, 4.69) is 10.3 Å². The third kappa shape index (κ3) is 3.08. The molecule has 0 fully saturated rings. The Labute approximate surface area is 97.1 Å². The molecule has 90 valence electrons. The predicted octanol–water partition coefficient (Wildman–Crippen LogP) is 1.92. The van der Waals surface area contributed by atoms with Crippen molar-refractivity contribution in [3.8, 4) is 0 Å². The fourth-order valence-electron chi connectivity index (χ4n) is 1.57. The fourth-order valence-corrected chi connectivity index (χ4v) is 1.57. The Morgan fingerprint density at radius 3 is 2.69 bits per heavy atom. The van der Waals surface area contributed by atoms with Crippen molar-refractivity contribution in [1.82, 2.24) is 14.9 Å². The zero-order chi connectivity index (χ0) is 12.3. The monoisotopic (exact) mass is 223 g/mol. The summed E-state index contributed by atoms with van der Waals surface area (Å²) in [7, 11) is 0. The summed E-state index contributed by atoms with van der Waals surface area (Å²) >= 11 is 0. The number of imidazole rings is 1. The highest BCUT2D eigenvalue weighted by Crippen LogP contribution is 2.11. The molecule has 0 saturated heterocycles. The Hall–Kier alpha value is -1.32. The number of hydrogen-bond acceptors (Lipinski definition) is 2. The number of rotatable bonds is 3. The lowest BCUT2D eigenvalue weighted by atomic mass is 10.1. The van der Waals surface area contributed by atoms with Crippen LogP contribution in [0, 0.1) is 0 Å². The van der Waals surface area contributed by atoms with Crippen molar-refractivity contribution in [2.45, 2.75) is 52.6 Å². The van der Waals surface area contributed by atoms with Gasteiger partial charge in [-0.2, -0.15) is 0 Å². The van der Waals surface area contributed by atoms with Crippen LogP contribution in [-0.4, -0.2) is 21.0 Å². The molecule has 0 aliphatic carbocycles. The van der Waals surface area contributed by atoms with E-state index < -0.39 is 0 Å². The maximum absolute atomic E-state index is 12.0. The molecule has 4 heteroatoms. The van der Waals surface area contributed by atoms with Crippen LogP contribution in [0.2, 0.25) is 0 Å². The van der Waals surface area contributed by atoms with Gasteiger partial charge in [-0.25, -0.2) is 4.98 Å². The lowest BCUT2D eigenvalue weighted by Crippen LogP contribution is -2.43. The van der Waals surface area contributed by atoms with E-state index in [1.54, 1.807) is 6.20 Å². The van der Waals surface area contributed by atoms with Gasteiger partial charge in [-0.15, -0.1) is 0 Å². The van der Waals surface area contributed by atoms with E-state index in [4.69, 9.17) is 0 Å². The Kier molecular flexibility index (Phi) is 3.73. The number of nitrogens with zero attached hydrogens (tertiary/aromatic N) is 2. The first-order chi connectivity index (χ1) is 7.35. The molecule has 16 heavy (non-hydrogen) atoms. The van der Waals surface area contributed by atoms with E-state index in [1.165, 1.54) is 0 Å². The van der Waals surface area contributed by atoms with E-state index in [-0.39, 0.29) is 17.5 Å². The van der Waals surface area contributed by atoms with Gasteiger partial charge in [0.1, 0.15) is 11.9 Å². The second-order valence-electron chi connectivity index (χ2n) is 5.02. The van der Waals surface area contributed by atoms with E-state index in [1.807, 2.05) is 45.4 Å². The largest absolute Gasteiger partial charge is 0.350 e. The summed E-state index contributed by atoms with van der Waals surface area (Å²) in [6, 6.07) is -0.211. The Bertz CT molecular complexity index is 363. The van der Waals surface area contributed by atoms with E-state index in [0.29, 0.717) is 0 Å². The van der Waals surface area contributed by atoms with Gasteiger partial charge in [0.2, 0.25) is 5.91 Å². The molecule has 1 atom stereocenters. The summed E-state index contributed by atoms with van der Waals surface area (Å²) in [5, 5.41) is 2.97. The molecule has 0 bridgehead atoms. The number of hydrogen-bond donors (Lipinski definition) is 1. The highest BCUT2D eigenvalue weighted by Gasteiger charge is 2.21. The van der Waals surface area contributed by atoms with Crippen molar-refractivity contribution in [2.75, 3.05) is 0 Å². The van der Waals surface area contributed by atoms with Gasteiger partial charge in [-0.3, -0.25) is 4.79 Å². The first-order valence-corrected chi connectivity index (χ1v) is 5.69. The van der Waals surface area contributed by atoms with E-state index in [0.717, 1.165) is 12.2 Å². The molecule has 0 aromatic carbocycles. The van der Waals surface area contributed by atoms with Crippen LogP contribution in [0.5, 0.6) is 0 Å². The van der Waals surface area contributed by atoms with E-state index in [9.17, 15) is 4.79 Å². The summed E-state index contributed by atoms with van der Waals surface area (Å²) < 4.78 is 1.92. The maximum atomic E-state index is 12.0. The predicted molar refractivity (Wildman–Crippen MR) is 64.2 cm³/mol. The lowest BCUT2D eigenvalue weighted by Gasteiger charge is -2.24. The van der Waals surface area contributed by atoms with Crippen LogP contribution in [0.1, 0.15) is 46.5 Å². The van der Waals surface area contributed by atoms with Gasteiger partial charge in [0.15, 0.2) is 0 Å². The molecule has 1 unspecified atom stereocenters. The molecule has 0 radical (unpaired) electrons. The minimum absolute atomic E-state index is 0.0280. The summed E-state index contributed by atoms with van der Waals surface area (Å²) in [5.41, 5.74) is -0.196. The van der Waals surface area contributed by atoms with Crippen LogP contribution in [0.25, 0.3) is 0 Å². The van der Waals surface area contributed by atoms with Crippen LogP contribution in [0.4, 0.5) is 0 Å². The Morgan fingerprint density at radius 2 is 2.19 bits per heavy atom. The van der Waals surface area contributed by atoms with Crippen LogP contribution >= 0.6 is 0 Å². The molecule has 4 nitrogen and oxygen atoms in total. The number of aromatic nitrogens is 2. The first-order valence-electron chi connectivity index (χ1n) is 5.69. The average Bonchev–Trinajstić information content (AvgIpc) is 2.61. The molecule has 1 heterocycles. The van der Waals surface area contributed by atoms with Crippen LogP contribution in [-0.2, 0) is 11.2 Å². The second-order valence-corrected chi connectivity index (χ2v) is 5.02. The van der Waals surface area contributed by atoms with Gasteiger partial charge in [0.25, 0.3) is 0 Å². The molecular formula is C12H21N3O. The molecule has 0 saturated carbocycles. The van der Waals surface area contributed by atoms with Gasteiger partial charge in [-0.1, -0.05) is 6.92 Å². The smallest absolute Gasteiger partial charge is 0.243 e. The quantitative estimate of drug-likeness (QED) is 0.851. The molecule has 1 aromatic heterocycles. The van der Waals surface area contributed by atoms with E-state index >= 15 is 0 Å². The molecule has 0 aliphatic heterocycles. The number of carbonyl (C=O) groups excluding carboxylic acids is 1. The average molecular weight is 223 g/mol. The van der Waals surface area contributed by atoms with Gasteiger partial charge in [0, 0.05) is 24.4 Å². The maximum Gasteiger partial charge on any atom is 0.243 e. The standard InChI is InChI=1S/C12H21N3O/c1-6-10-13-7-8-15(10)9(2)11(16)14-12(3,4)5/h7-9H,6H2,1-5H3,(H,14,16). The number of amides is 1. The minimum atomic E-state index is -0.211. The third-order valence-electron chi connectivity index (χ3n) is 2.36. The molecular weight excluding hydrogens is 202 g/mol. The van der Waals surface area contributed by atoms with Crippen molar-refractivity contribution < 1.29 is 4.79 Å². The molecule has 1 aromatic rings. The van der Waals surface area contributed by atoms with Crippen molar-refractivity contribution in [3.63, 3.8) is 0 Å². The molecule has 0 spiro atoms. The van der Waals surface area contributed by atoms with Crippen LogP contribution in [0.15, 0.2) is 12.4 Å². The Morgan fingerprint density at radius 1 is 1.56 bits per heavy atom. The van der Waals surface area contributed by atoms with Crippen LogP contribution < -0.4 is 5.32 Å². The van der Waals surface area contributed by atoms with Gasteiger partial charge in [-0.05, 0) is 27.7 Å². The second kappa shape index (κ2) is 4.68. The van der Waals surface area contributed by atoms with Crippen molar-refractivity contribution in [2.24, 2.45) is 0 Å². The summed E-state index contributed by atoms with van der Waals surface area (Å²) in [5.74, 6) is 0.969. The van der Waals surface area contributed by atoms with Gasteiger partial charge in [0.05, 0.1) is 0 Å². The normalized spacial score (nSPS) is 13.6. The topological polar surface area (TPSA) is 46.9 Å². The zero-order valence-corrected chi connectivity index (χ0v) is 10.7. The summed E-state index contributed by atoms with van der Waals surface area (Å²) in [6.45, 7) is 9.86. The Balaban J connectivity index is 2.78. The fraction of sp³-hybridized carbons (Fsp3) is 0.667. The van der Waals surface area contributed by atoms with Crippen molar-refractivity contribution in [3.05, 3.63) is 18.2 Å². The molecule has 1 amide bonds.